The second kappa shape index (κ2) is 6.43. The number of ketones is 1. The van der Waals surface area contributed by atoms with Gasteiger partial charge in [-0.3, -0.25) is 9.59 Å². The first-order chi connectivity index (χ1) is 11.5. The van der Waals surface area contributed by atoms with E-state index in [0.29, 0.717) is 37.2 Å². The minimum atomic E-state index is -0.396. The molecular weight excluding hydrogens is 311 g/mol. The van der Waals surface area contributed by atoms with Crippen LogP contribution in [-0.2, 0) is 4.79 Å². The number of rotatable bonds is 3. The van der Waals surface area contributed by atoms with Crippen molar-refractivity contribution < 1.29 is 14.0 Å². The quantitative estimate of drug-likeness (QED) is 0.873. The average Bonchev–Trinajstić information content (AvgIpc) is 2.96. The molecule has 0 bridgehead atoms. The van der Waals surface area contributed by atoms with Crippen LogP contribution in [0.5, 0.6) is 0 Å². The van der Waals surface area contributed by atoms with Crippen LogP contribution in [0.4, 0.5) is 10.2 Å². The van der Waals surface area contributed by atoms with E-state index in [0.717, 1.165) is 0 Å². The van der Waals surface area contributed by atoms with Crippen molar-refractivity contribution in [2.24, 2.45) is 5.92 Å². The van der Waals surface area contributed by atoms with E-state index in [1.165, 1.54) is 29.9 Å². The average molecular weight is 330 g/mol. The molecule has 0 saturated carbocycles. The Morgan fingerprint density at radius 2 is 2.00 bits per heavy atom. The SMILES string of the molecule is CC(=O)N1CCC(C(=O)c2cnn(-c3cccc(F)c3)c2N)CC1. The van der Waals surface area contributed by atoms with Gasteiger partial charge in [-0.05, 0) is 31.0 Å². The number of nitrogens with two attached hydrogens (primary N) is 1. The molecule has 2 aromatic rings. The minimum absolute atomic E-state index is 0.0272. The highest BCUT2D eigenvalue weighted by Crippen LogP contribution is 2.26. The standard InChI is InChI=1S/C17H19FN4O2/c1-11(23)21-7-5-12(6-8-21)16(24)15-10-20-22(17(15)19)14-4-2-3-13(18)9-14/h2-4,9-10,12H,5-8,19H2,1H3. The summed E-state index contributed by atoms with van der Waals surface area (Å²) in [7, 11) is 0. The Labute approximate surface area is 139 Å². The lowest BCUT2D eigenvalue weighted by atomic mass is 9.89. The molecule has 2 heterocycles. The predicted octanol–water partition coefficient (Wildman–Crippen LogP) is 2.03. The summed E-state index contributed by atoms with van der Waals surface area (Å²) in [6, 6.07) is 5.87. The maximum atomic E-state index is 13.4. The number of piperidine rings is 1. The number of nitrogen functional groups attached to an aromatic ring is 1. The first-order valence-corrected chi connectivity index (χ1v) is 7.86. The van der Waals surface area contributed by atoms with Crippen LogP contribution in [0.25, 0.3) is 5.69 Å². The van der Waals surface area contributed by atoms with Crippen LogP contribution in [0.15, 0.2) is 30.5 Å². The molecule has 1 aromatic carbocycles. The number of Topliss-reactive ketones (excluding diaryl/α,β-unsaturated/α-hetero) is 1. The molecule has 1 aromatic heterocycles. The van der Waals surface area contributed by atoms with Gasteiger partial charge in [-0.2, -0.15) is 5.10 Å². The molecule has 126 valence electrons. The molecule has 1 saturated heterocycles. The molecule has 1 amide bonds. The second-order valence-corrected chi connectivity index (χ2v) is 5.98. The molecule has 6 nitrogen and oxygen atoms in total. The zero-order valence-corrected chi connectivity index (χ0v) is 13.4. The third-order valence-corrected chi connectivity index (χ3v) is 4.44. The lowest BCUT2D eigenvalue weighted by Crippen LogP contribution is -2.39. The topological polar surface area (TPSA) is 81.2 Å². The van der Waals surface area contributed by atoms with Gasteiger partial charge in [0.25, 0.3) is 0 Å². The van der Waals surface area contributed by atoms with Crippen molar-refractivity contribution in [1.29, 1.82) is 0 Å². The summed E-state index contributed by atoms with van der Waals surface area (Å²) < 4.78 is 14.7. The number of carbonyl (C=O) groups is 2. The molecule has 0 radical (unpaired) electrons. The molecule has 0 unspecified atom stereocenters. The fourth-order valence-electron chi connectivity index (χ4n) is 3.04. The molecule has 0 aliphatic carbocycles. The third-order valence-electron chi connectivity index (χ3n) is 4.44. The molecule has 1 fully saturated rings. The second-order valence-electron chi connectivity index (χ2n) is 5.98. The molecule has 1 aliphatic rings. The number of benzene rings is 1. The summed E-state index contributed by atoms with van der Waals surface area (Å²) in [5.41, 5.74) is 6.88. The molecule has 0 spiro atoms. The van der Waals surface area contributed by atoms with Gasteiger partial charge in [-0.15, -0.1) is 0 Å². The van der Waals surface area contributed by atoms with Crippen molar-refractivity contribution in [3.05, 3.63) is 41.8 Å². The first-order valence-electron chi connectivity index (χ1n) is 7.86. The Hall–Kier alpha value is -2.70. The van der Waals surface area contributed by atoms with Crippen LogP contribution in [0, 0.1) is 11.7 Å². The van der Waals surface area contributed by atoms with E-state index in [9.17, 15) is 14.0 Å². The molecule has 3 rings (SSSR count). The molecule has 1 aliphatic heterocycles. The minimum Gasteiger partial charge on any atom is -0.383 e. The van der Waals surface area contributed by atoms with Gasteiger partial charge >= 0.3 is 0 Å². The van der Waals surface area contributed by atoms with Gasteiger partial charge in [0.2, 0.25) is 5.91 Å². The van der Waals surface area contributed by atoms with Crippen LogP contribution >= 0.6 is 0 Å². The number of hydrogen-bond donors (Lipinski definition) is 1. The van der Waals surface area contributed by atoms with Crippen LogP contribution in [0.1, 0.15) is 30.1 Å². The van der Waals surface area contributed by atoms with Crippen LogP contribution in [0.2, 0.25) is 0 Å². The van der Waals surface area contributed by atoms with Crippen molar-refractivity contribution in [3.8, 4) is 5.69 Å². The zero-order valence-electron chi connectivity index (χ0n) is 13.4. The highest BCUT2D eigenvalue weighted by Gasteiger charge is 2.29. The van der Waals surface area contributed by atoms with Gasteiger partial charge in [0, 0.05) is 25.9 Å². The molecular formula is C17H19FN4O2. The summed E-state index contributed by atoms with van der Waals surface area (Å²) in [5.74, 6) is -0.405. The van der Waals surface area contributed by atoms with Gasteiger partial charge in [-0.1, -0.05) is 6.07 Å². The van der Waals surface area contributed by atoms with E-state index in [1.54, 1.807) is 17.0 Å². The lowest BCUT2D eigenvalue weighted by Gasteiger charge is -2.30. The number of hydrogen-bond acceptors (Lipinski definition) is 4. The highest BCUT2D eigenvalue weighted by atomic mass is 19.1. The van der Waals surface area contributed by atoms with Gasteiger partial charge in [-0.25, -0.2) is 9.07 Å². The van der Waals surface area contributed by atoms with Crippen molar-refractivity contribution in [1.82, 2.24) is 14.7 Å². The molecule has 7 heteroatoms. The zero-order chi connectivity index (χ0) is 17.3. The molecule has 24 heavy (non-hydrogen) atoms. The van der Waals surface area contributed by atoms with Crippen molar-refractivity contribution >= 4 is 17.5 Å². The number of likely N-dealkylation sites (tertiary alicyclic amines) is 1. The summed E-state index contributed by atoms with van der Waals surface area (Å²) >= 11 is 0. The Balaban J connectivity index is 1.79. The van der Waals surface area contributed by atoms with Crippen molar-refractivity contribution in [2.45, 2.75) is 19.8 Å². The van der Waals surface area contributed by atoms with Gasteiger partial charge in [0.1, 0.15) is 11.6 Å². The summed E-state index contributed by atoms with van der Waals surface area (Å²) in [6.07, 6.45) is 2.66. The number of aromatic nitrogens is 2. The first kappa shape index (κ1) is 16.2. The number of carbonyl (C=O) groups excluding carboxylic acids is 2. The van der Waals surface area contributed by atoms with Crippen LogP contribution in [0.3, 0.4) is 0 Å². The van der Waals surface area contributed by atoms with Crippen molar-refractivity contribution in [3.63, 3.8) is 0 Å². The Kier molecular flexibility index (Phi) is 4.33. The van der Waals surface area contributed by atoms with Gasteiger partial charge < -0.3 is 10.6 Å². The molecule has 2 N–H and O–H groups in total. The van der Waals surface area contributed by atoms with Crippen LogP contribution < -0.4 is 5.73 Å². The van der Waals surface area contributed by atoms with Crippen LogP contribution in [-0.4, -0.2) is 39.5 Å². The summed E-state index contributed by atoms with van der Waals surface area (Å²) in [5, 5.41) is 4.13. The normalized spacial score (nSPS) is 15.5. The van der Waals surface area contributed by atoms with E-state index in [1.807, 2.05) is 0 Å². The summed E-state index contributed by atoms with van der Waals surface area (Å²) in [6.45, 7) is 2.68. The van der Waals surface area contributed by atoms with E-state index < -0.39 is 5.82 Å². The fourth-order valence-corrected chi connectivity index (χ4v) is 3.04. The van der Waals surface area contributed by atoms with E-state index in [4.69, 9.17) is 5.73 Å². The number of nitrogens with zero attached hydrogens (tertiary/aromatic N) is 3. The van der Waals surface area contributed by atoms with E-state index >= 15 is 0 Å². The maximum absolute atomic E-state index is 13.4. The fraction of sp³-hybridized carbons (Fsp3) is 0.353. The highest BCUT2D eigenvalue weighted by molar-refractivity contribution is 6.01. The van der Waals surface area contributed by atoms with Gasteiger partial charge in [0.15, 0.2) is 5.78 Å². The smallest absolute Gasteiger partial charge is 0.219 e. The monoisotopic (exact) mass is 330 g/mol. The Morgan fingerprint density at radius 3 is 2.62 bits per heavy atom. The Bertz CT molecular complexity index is 779. The summed E-state index contributed by atoms with van der Waals surface area (Å²) in [4.78, 5) is 25.8. The lowest BCUT2D eigenvalue weighted by molar-refractivity contribution is -0.130. The number of anilines is 1. The van der Waals surface area contributed by atoms with E-state index in [2.05, 4.69) is 5.10 Å². The number of amides is 1. The van der Waals surface area contributed by atoms with Crippen molar-refractivity contribution in [2.75, 3.05) is 18.8 Å². The third kappa shape index (κ3) is 3.02. The number of halogens is 1. The van der Waals surface area contributed by atoms with E-state index in [-0.39, 0.29) is 23.4 Å². The largest absolute Gasteiger partial charge is 0.383 e. The Morgan fingerprint density at radius 1 is 1.29 bits per heavy atom. The molecule has 0 atom stereocenters. The predicted molar refractivity (Wildman–Crippen MR) is 87.2 cm³/mol. The van der Waals surface area contributed by atoms with Gasteiger partial charge in [0.05, 0.1) is 17.4 Å². The maximum Gasteiger partial charge on any atom is 0.219 e.